The topological polar surface area (TPSA) is 130 Å². The number of methoxy groups -OCH3 is 1. The van der Waals surface area contributed by atoms with Crippen LogP contribution in [0.4, 0.5) is 0 Å². The minimum Gasteiger partial charge on any atom is -0.480 e. The number of aromatic amines is 1. The van der Waals surface area contributed by atoms with Gasteiger partial charge in [0, 0.05) is 13.3 Å². The lowest BCUT2D eigenvalue weighted by Crippen LogP contribution is -2.47. The third-order valence-electron chi connectivity index (χ3n) is 2.26. The van der Waals surface area contributed by atoms with Crippen LogP contribution in [0.25, 0.3) is 0 Å². The molecule has 20 heavy (non-hydrogen) atoms. The van der Waals surface area contributed by atoms with Crippen LogP contribution in [0.3, 0.4) is 0 Å². The smallest absolute Gasteiger partial charge is 0.328 e. The SMILES string of the molecule is COCC(=O)N[C@@H](Cn1cc(Cl)c(=O)[nH]c1=O)C(=O)O. The third kappa shape index (κ3) is 4.21. The Morgan fingerprint density at radius 1 is 1.55 bits per heavy atom. The Labute approximate surface area is 117 Å². The molecular weight excluding hydrogens is 294 g/mol. The fourth-order valence-electron chi connectivity index (χ4n) is 1.37. The minimum atomic E-state index is -1.36. The van der Waals surface area contributed by atoms with Gasteiger partial charge in [0.15, 0.2) is 0 Å². The number of hydrogen-bond acceptors (Lipinski definition) is 5. The van der Waals surface area contributed by atoms with Gasteiger partial charge in [-0.25, -0.2) is 9.59 Å². The zero-order chi connectivity index (χ0) is 15.3. The van der Waals surface area contributed by atoms with Crippen LogP contribution in [0, 0.1) is 0 Å². The van der Waals surface area contributed by atoms with Crippen LogP contribution in [-0.2, 0) is 20.9 Å². The van der Waals surface area contributed by atoms with Crippen molar-refractivity contribution in [3.63, 3.8) is 0 Å². The number of amides is 1. The first-order chi connectivity index (χ1) is 9.35. The van der Waals surface area contributed by atoms with Crippen LogP contribution in [0.15, 0.2) is 15.8 Å². The number of carboxylic acids is 1. The predicted molar refractivity (Wildman–Crippen MR) is 67.8 cm³/mol. The van der Waals surface area contributed by atoms with E-state index in [0.29, 0.717) is 0 Å². The lowest BCUT2D eigenvalue weighted by Gasteiger charge is -2.15. The molecule has 0 aliphatic rings. The van der Waals surface area contributed by atoms with Crippen LogP contribution < -0.4 is 16.6 Å². The van der Waals surface area contributed by atoms with Crippen LogP contribution in [-0.4, -0.2) is 46.3 Å². The van der Waals surface area contributed by atoms with E-state index in [9.17, 15) is 19.2 Å². The van der Waals surface area contributed by atoms with Crippen LogP contribution in [0.1, 0.15) is 0 Å². The second-order valence-corrected chi connectivity index (χ2v) is 4.19. The molecule has 1 amide bonds. The molecule has 0 aliphatic heterocycles. The molecule has 0 unspecified atom stereocenters. The van der Waals surface area contributed by atoms with Gasteiger partial charge in [-0.05, 0) is 0 Å². The van der Waals surface area contributed by atoms with Gasteiger partial charge in [-0.2, -0.15) is 0 Å². The number of rotatable bonds is 6. The Balaban J connectivity index is 2.94. The number of carbonyl (C=O) groups excluding carboxylic acids is 1. The summed E-state index contributed by atoms with van der Waals surface area (Å²) in [5.41, 5.74) is -1.60. The zero-order valence-corrected chi connectivity index (χ0v) is 11.1. The first kappa shape index (κ1) is 15.9. The number of H-pyrrole nitrogens is 1. The Morgan fingerprint density at radius 3 is 2.75 bits per heavy atom. The molecule has 0 radical (unpaired) electrons. The quantitative estimate of drug-likeness (QED) is 0.580. The fraction of sp³-hybridized carbons (Fsp3) is 0.400. The van der Waals surface area contributed by atoms with Crippen molar-refractivity contribution in [2.75, 3.05) is 13.7 Å². The molecule has 1 atom stereocenters. The van der Waals surface area contributed by atoms with Crippen molar-refractivity contribution in [1.82, 2.24) is 14.9 Å². The second kappa shape index (κ2) is 6.87. The Hall–Kier alpha value is -2.13. The molecule has 0 aromatic carbocycles. The van der Waals surface area contributed by atoms with Crippen LogP contribution in [0.5, 0.6) is 0 Å². The van der Waals surface area contributed by atoms with Gasteiger partial charge < -0.3 is 15.2 Å². The van der Waals surface area contributed by atoms with E-state index in [1.165, 1.54) is 7.11 Å². The van der Waals surface area contributed by atoms with Crippen molar-refractivity contribution < 1.29 is 19.4 Å². The lowest BCUT2D eigenvalue weighted by atomic mass is 10.3. The second-order valence-electron chi connectivity index (χ2n) is 3.78. The van der Waals surface area contributed by atoms with E-state index >= 15 is 0 Å². The number of nitrogens with zero attached hydrogens (tertiary/aromatic N) is 1. The van der Waals surface area contributed by atoms with Crippen LogP contribution in [0.2, 0.25) is 5.02 Å². The average molecular weight is 306 g/mol. The molecule has 0 aliphatic carbocycles. The van der Waals surface area contributed by atoms with Crippen molar-refractivity contribution in [3.8, 4) is 0 Å². The molecule has 1 aromatic heterocycles. The highest BCUT2D eigenvalue weighted by Gasteiger charge is 2.21. The molecule has 110 valence electrons. The first-order valence-corrected chi connectivity index (χ1v) is 5.73. The van der Waals surface area contributed by atoms with Gasteiger partial charge >= 0.3 is 11.7 Å². The molecule has 3 N–H and O–H groups in total. The van der Waals surface area contributed by atoms with E-state index < -0.39 is 29.2 Å². The summed E-state index contributed by atoms with van der Waals surface area (Å²) >= 11 is 5.55. The zero-order valence-electron chi connectivity index (χ0n) is 10.4. The van der Waals surface area contributed by atoms with Crippen molar-refractivity contribution in [3.05, 3.63) is 32.1 Å². The van der Waals surface area contributed by atoms with Crippen LogP contribution >= 0.6 is 11.6 Å². The average Bonchev–Trinajstić information content (AvgIpc) is 2.35. The summed E-state index contributed by atoms with van der Waals surface area (Å²) < 4.78 is 5.44. The summed E-state index contributed by atoms with van der Waals surface area (Å²) in [6.07, 6.45) is 1.00. The molecule has 0 spiro atoms. The summed E-state index contributed by atoms with van der Waals surface area (Å²) in [7, 11) is 1.28. The number of carbonyl (C=O) groups is 2. The molecule has 0 bridgehead atoms. The molecule has 1 heterocycles. The van der Waals surface area contributed by atoms with E-state index in [0.717, 1.165) is 10.8 Å². The normalized spacial score (nSPS) is 11.9. The highest BCUT2D eigenvalue weighted by atomic mass is 35.5. The van der Waals surface area contributed by atoms with E-state index in [-0.39, 0.29) is 18.2 Å². The van der Waals surface area contributed by atoms with Gasteiger partial charge in [0.25, 0.3) is 5.56 Å². The van der Waals surface area contributed by atoms with Gasteiger partial charge in [0.05, 0.1) is 6.54 Å². The molecule has 9 nitrogen and oxygen atoms in total. The summed E-state index contributed by atoms with van der Waals surface area (Å²) in [6.45, 7) is -0.703. The highest BCUT2D eigenvalue weighted by molar-refractivity contribution is 6.30. The van der Waals surface area contributed by atoms with Gasteiger partial charge in [0.1, 0.15) is 17.7 Å². The van der Waals surface area contributed by atoms with Crippen molar-refractivity contribution in [2.45, 2.75) is 12.6 Å². The molecule has 1 aromatic rings. The van der Waals surface area contributed by atoms with Crippen molar-refractivity contribution in [1.29, 1.82) is 0 Å². The first-order valence-electron chi connectivity index (χ1n) is 5.35. The number of ether oxygens (including phenoxy) is 1. The number of nitrogens with one attached hydrogen (secondary N) is 2. The monoisotopic (exact) mass is 305 g/mol. The van der Waals surface area contributed by atoms with E-state index in [1.54, 1.807) is 0 Å². The number of carboxylic acid groups (broad SMARTS) is 1. The maximum absolute atomic E-state index is 11.5. The molecular formula is C10H12ClN3O6. The van der Waals surface area contributed by atoms with E-state index in [2.05, 4.69) is 10.1 Å². The van der Waals surface area contributed by atoms with Gasteiger partial charge in [-0.3, -0.25) is 19.1 Å². The van der Waals surface area contributed by atoms with Crippen molar-refractivity contribution >= 4 is 23.5 Å². The Kier molecular flexibility index (Phi) is 5.47. The lowest BCUT2D eigenvalue weighted by molar-refractivity contribution is -0.142. The standard InChI is InChI=1S/C10H12ClN3O6/c1-20-4-7(15)12-6(9(17)18)3-14-2-5(11)8(16)13-10(14)19/h2,6H,3-4H2,1H3,(H,12,15)(H,17,18)(H,13,16,19)/t6-/m0/s1. The molecule has 0 fully saturated rings. The molecule has 0 saturated heterocycles. The van der Waals surface area contributed by atoms with E-state index in [1.807, 2.05) is 4.98 Å². The summed E-state index contributed by atoms with van der Waals surface area (Å²) in [4.78, 5) is 46.8. The van der Waals surface area contributed by atoms with Gasteiger partial charge in [-0.1, -0.05) is 11.6 Å². The third-order valence-corrected chi connectivity index (χ3v) is 2.52. The van der Waals surface area contributed by atoms with Crippen molar-refractivity contribution in [2.24, 2.45) is 0 Å². The molecule has 1 rings (SSSR count). The fourth-order valence-corrected chi connectivity index (χ4v) is 1.53. The predicted octanol–water partition coefficient (Wildman–Crippen LogP) is -1.59. The minimum absolute atomic E-state index is 0.267. The number of hydrogen-bond donors (Lipinski definition) is 3. The Bertz CT molecular complexity index is 622. The summed E-state index contributed by atoms with van der Waals surface area (Å²) in [5, 5.41) is 10.9. The van der Waals surface area contributed by atoms with Gasteiger partial charge in [-0.15, -0.1) is 0 Å². The Morgan fingerprint density at radius 2 is 2.20 bits per heavy atom. The summed E-state index contributed by atoms with van der Waals surface area (Å²) in [5.74, 6) is -1.99. The number of aliphatic carboxylic acids is 1. The summed E-state index contributed by atoms with van der Waals surface area (Å²) in [6, 6.07) is -1.36. The van der Waals surface area contributed by atoms with Gasteiger partial charge in [0.2, 0.25) is 5.91 Å². The molecule has 0 saturated carbocycles. The maximum Gasteiger partial charge on any atom is 0.328 e. The number of aromatic nitrogens is 2. The largest absolute Gasteiger partial charge is 0.480 e. The molecule has 10 heteroatoms. The number of halogens is 1. The van der Waals surface area contributed by atoms with E-state index in [4.69, 9.17) is 16.7 Å². The maximum atomic E-state index is 11.5. The highest BCUT2D eigenvalue weighted by Crippen LogP contribution is 1.97.